The number of hydrogen-bond acceptors (Lipinski definition) is 3. The second kappa shape index (κ2) is 6.24. The third-order valence-electron chi connectivity index (χ3n) is 5.66. The van der Waals surface area contributed by atoms with Crippen molar-refractivity contribution < 1.29 is 8.42 Å². The molecular formula is C20H24N2O2S. The number of aryl methyl sites for hydroxylation is 1. The molecule has 2 fully saturated rings. The molecule has 2 aromatic carbocycles. The Bertz CT molecular complexity index is 847. The number of rotatable bonds is 4. The van der Waals surface area contributed by atoms with Gasteiger partial charge in [-0.15, -0.1) is 0 Å². The predicted molar refractivity (Wildman–Crippen MR) is 98.7 cm³/mol. The Morgan fingerprint density at radius 1 is 1.04 bits per heavy atom. The molecule has 2 saturated heterocycles. The predicted octanol–water partition coefficient (Wildman–Crippen LogP) is 3.03. The van der Waals surface area contributed by atoms with Gasteiger partial charge in [-0.05, 0) is 38.0 Å². The molecule has 0 spiro atoms. The molecule has 0 amide bonds. The average Bonchev–Trinajstić information content (AvgIpc) is 3.17. The molecule has 5 heteroatoms. The number of likely N-dealkylation sites (tertiary alicyclic amines) is 1. The van der Waals surface area contributed by atoms with Crippen LogP contribution in [0.25, 0.3) is 0 Å². The maximum Gasteiger partial charge on any atom is 0.243 e. The van der Waals surface area contributed by atoms with Gasteiger partial charge in [0.2, 0.25) is 10.0 Å². The number of benzene rings is 2. The molecule has 2 aliphatic heterocycles. The van der Waals surface area contributed by atoms with Crippen molar-refractivity contribution >= 4 is 10.0 Å². The number of piperazine rings is 1. The SMILES string of the molecule is Cc1ccc(S(=O)(=O)N2C[C@H]3C[C@@H]2[C@@H](C)N3Cc2ccccc2)cc1. The van der Waals surface area contributed by atoms with Gasteiger partial charge in [0.15, 0.2) is 0 Å². The summed E-state index contributed by atoms with van der Waals surface area (Å²) in [5, 5.41) is 0. The molecule has 0 saturated carbocycles. The van der Waals surface area contributed by atoms with Gasteiger partial charge < -0.3 is 0 Å². The van der Waals surface area contributed by atoms with Crippen LogP contribution in [0, 0.1) is 6.92 Å². The van der Waals surface area contributed by atoms with Crippen LogP contribution in [0.4, 0.5) is 0 Å². The molecule has 0 N–H and O–H groups in total. The minimum Gasteiger partial charge on any atom is -0.290 e. The van der Waals surface area contributed by atoms with Crippen LogP contribution < -0.4 is 0 Å². The normalized spacial score (nSPS) is 27.0. The molecule has 2 heterocycles. The van der Waals surface area contributed by atoms with Crippen molar-refractivity contribution in [3.63, 3.8) is 0 Å². The molecular weight excluding hydrogens is 332 g/mol. The fraction of sp³-hybridized carbons (Fsp3) is 0.400. The summed E-state index contributed by atoms with van der Waals surface area (Å²) in [5.74, 6) is 0. The summed E-state index contributed by atoms with van der Waals surface area (Å²) < 4.78 is 27.8. The van der Waals surface area contributed by atoms with Gasteiger partial charge in [-0.3, -0.25) is 4.90 Å². The van der Waals surface area contributed by atoms with Crippen LogP contribution in [-0.2, 0) is 16.6 Å². The highest BCUT2D eigenvalue weighted by Crippen LogP contribution is 2.39. The Morgan fingerprint density at radius 3 is 2.36 bits per heavy atom. The second-order valence-corrected chi connectivity index (χ2v) is 9.13. The lowest BCUT2D eigenvalue weighted by molar-refractivity contribution is 0.117. The highest BCUT2D eigenvalue weighted by Gasteiger charge is 2.52. The van der Waals surface area contributed by atoms with E-state index in [0.717, 1.165) is 18.5 Å². The van der Waals surface area contributed by atoms with Crippen molar-refractivity contribution in [2.75, 3.05) is 6.54 Å². The third-order valence-corrected chi connectivity index (χ3v) is 7.56. The quantitative estimate of drug-likeness (QED) is 0.845. The number of hydrogen-bond donors (Lipinski definition) is 0. The first-order valence-electron chi connectivity index (χ1n) is 8.85. The van der Waals surface area contributed by atoms with E-state index in [1.165, 1.54) is 5.56 Å². The summed E-state index contributed by atoms with van der Waals surface area (Å²) in [7, 11) is -3.41. The molecule has 132 valence electrons. The molecule has 0 radical (unpaired) electrons. The minimum atomic E-state index is -3.41. The van der Waals surface area contributed by atoms with Crippen LogP contribution in [0.2, 0.25) is 0 Å². The monoisotopic (exact) mass is 356 g/mol. The van der Waals surface area contributed by atoms with E-state index >= 15 is 0 Å². The zero-order valence-electron chi connectivity index (χ0n) is 14.7. The van der Waals surface area contributed by atoms with Crippen molar-refractivity contribution in [2.24, 2.45) is 0 Å². The summed E-state index contributed by atoms with van der Waals surface area (Å²) >= 11 is 0. The van der Waals surface area contributed by atoms with E-state index in [0.29, 0.717) is 17.5 Å². The van der Waals surface area contributed by atoms with E-state index in [-0.39, 0.29) is 12.1 Å². The van der Waals surface area contributed by atoms with Gasteiger partial charge in [-0.2, -0.15) is 4.31 Å². The molecule has 2 bridgehead atoms. The van der Waals surface area contributed by atoms with Crippen LogP contribution in [0.15, 0.2) is 59.5 Å². The first-order chi connectivity index (χ1) is 12.0. The lowest BCUT2D eigenvalue weighted by Crippen LogP contribution is -2.53. The van der Waals surface area contributed by atoms with E-state index < -0.39 is 10.0 Å². The molecule has 2 aliphatic rings. The molecule has 4 rings (SSSR count). The van der Waals surface area contributed by atoms with Crippen LogP contribution in [0.1, 0.15) is 24.5 Å². The average molecular weight is 356 g/mol. The van der Waals surface area contributed by atoms with E-state index in [1.807, 2.05) is 25.1 Å². The molecule has 4 nitrogen and oxygen atoms in total. The van der Waals surface area contributed by atoms with Gasteiger partial charge in [0.1, 0.15) is 0 Å². The Labute approximate surface area is 150 Å². The van der Waals surface area contributed by atoms with Crippen LogP contribution >= 0.6 is 0 Å². The molecule has 2 aromatic rings. The fourth-order valence-electron chi connectivity index (χ4n) is 4.23. The molecule has 25 heavy (non-hydrogen) atoms. The minimum absolute atomic E-state index is 0.0695. The molecule has 3 atom stereocenters. The van der Waals surface area contributed by atoms with Crippen molar-refractivity contribution in [2.45, 2.75) is 49.8 Å². The first kappa shape index (κ1) is 16.8. The van der Waals surface area contributed by atoms with Gasteiger partial charge in [-0.1, -0.05) is 48.0 Å². The highest BCUT2D eigenvalue weighted by molar-refractivity contribution is 7.89. The zero-order chi connectivity index (χ0) is 17.6. The van der Waals surface area contributed by atoms with Gasteiger partial charge in [0.05, 0.1) is 4.90 Å². The van der Waals surface area contributed by atoms with Gasteiger partial charge in [-0.25, -0.2) is 8.42 Å². The lowest BCUT2D eigenvalue weighted by Gasteiger charge is -2.38. The maximum atomic E-state index is 13.1. The van der Waals surface area contributed by atoms with Crippen LogP contribution in [0.3, 0.4) is 0 Å². The second-order valence-electron chi connectivity index (χ2n) is 7.24. The lowest BCUT2D eigenvalue weighted by atomic mass is 10.1. The van der Waals surface area contributed by atoms with E-state index in [4.69, 9.17) is 0 Å². The van der Waals surface area contributed by atoms with E-state index in [1.54, 1.807) is 16.4 Å². The fourth-order valence-corrected chi connectivity index (χ4v) is 5.97. The summed E-state index contributed by atoms with van der Waals surface area (Å²) in [4.78, 5) is 2.87. The zero-order valence-corrected chi connectivity index (χ0v) is 15.5. The number of nitrogens with zero attached hydrogens (tertiary/aromatic N) is 2. The molecule has 0 aliphatic carbocycles. The Kier molecular flexibility index (Phi) is 4.18. The van der Waals surface area contributed by atoms with Gasteiger partial charge in [0, 0.05) is 31.2 Å². The standard InChI is InChI=1S/C20H24N2O2S/c1-15-8-10-19(11-9-15)25(23,24)22-14-18-12-20(22)16(2)21(18)13-17-6-4-3-5-7-17/h3-11,16,18,20H,12-14H2,1-2H3/t16-,18-,20-/m1/s1. The number of fused-ring (bicyclic) bond motifs is 2. The maximum absolute atomic E-state index is 13.1. The third kappa shape index (κ3) is 2.90. The molecule has 0 unspecified atom stereocenters. The Balaban J connectivity index is 1.54. The topological polar surface area (TPSA) is 40.6 Å². The van der Waals surface area contributed by atoms with Crippen molar-refractivity contribution in [1.82, 2.24) is 9.21 Å². The summed E-state index contributed by atoms with van der Waals surface area (Å²) in [6, 6.07) is 18.2. The smallest absolute Gasteiger partial charge is 0.243 e. The van der Waals surface area contributed by atoms with Crippen molar-refractivity contribution in [3.8, 4) is 0 Å². The van der Waals surface area contributed by atoms with E-state index in [2.05, 4.69) is 36.1 Å². The van der Waals surface area contributed by atoms with Crippen LogP contribution in [0.5, 0.6) is 0 Å². The van der Waals surface area contributed by atoms with Gasteiger partial charge in [0.25, 0.3) is 0 Å². The molecule has 0 aromatic heterocycles. The first-order valence-corrected chi connectivity index (χ1v) is 10.3. The van der Waals surface area contributed by atoms with Gasteiger partial charge >= 0.3 is 0 Å². The Hall–Kier alpha value is -1.69. The summed E-state index contributed by atoms with van der Waals surface area (Å²) in [6.45, 7) is 5.61. The summed E-state index contributed by atoms with van der Waals surface area (Å²) in [6.07, 6.45) is 0.930. The van der Waals surface area contributed by atoms with Crippen molar-refractivity contribution in [1.29, 1.82) is 0 Å². The Morgan fingerprint density at radius 2 is 1.72 bits per heavy atom. The van der Waals surface area contributed by atoms with E-state index in [9.17, 15) is 8.42 Å². The number of sulfonamides is 1. The largest absolute Gasteiger partial charge is 0.290 e. The highest BCUT2D eigenvalue weighted by atomic mass is 32.2. The van der Waals surface area contributed by atoms with Crippen molar-refractivity contribution in [3.05, 3.63) is 65.7 Å². The summed E-state index contributed by atoms with van der Waals surface area (Å²) in [5.41, 5.74) is 2.36. The van der Waals surface area contributed by atoms with Crippen LogP contribution in [-0.4, -0.2) is 42.3 Å².